The Morgan fingerprint density at radius 2 is 2.00 bits per heavy atom. The van der Waals surface area contributed by atoms with Gasteiger partial charge in [-0.2, -0.15) is 0 Å². The Hall–Kier alpha value is -2.64. The van der Waals surface area contributed by atoms with E-state index < -0.39 is 17.0 Å². The molecule has 1 aromatic rings. The Morgan fingerprint density at radius 3 is 2.63 bits per heavy atom. The Bertz CT molecular complexity index is 721. The van der Waals surface area contributed by atoms with Gasteiger partial charge in [-0.15, -0.1) is 0 Å². The summed E-state index contributed by atoms with van der Waals surface area (Å²) >= 11 is 0. The number of esters is 1. The Morgan fingerprint density at radius 1 is 1.30 bits per heavy atom. The van der Waals surface area contributed by atoms with Crippen LogP contribution in [-0.4, -0.2) is 36.0 Å². The van der Waals surface area contributed by atoms with Gasteiger partial charge in [0.1, 0.15) is 5.69 Å². The number of benzene rings is 1. The lowest BCUT2D eigenvalue weighted by Gasteiger charge is -2.35. The molecule has 2 rings (SSSR count). The third-order valence-corrected chi connectivity index (χ3v) is 5.39. The fourth-order valence-corrected chi connectivity index (χ4v) is 3.39. The minimum absolute atomic E-state index is 0.0278. The van der Waals surface area contributed by atoms with Crippen molar-refractivity contribution in [3.63, 3.8) is 0 Å². The van der Waals surface area contributed by atoms with Gasteiger partial charge in [0.15, 0.2) is 6.10 Å². The van der Waals surface area contributed by atoms with Crippen molar-refractivity contribution >= 4 is 23.3 Å². The first-order valence-corrected chi connectivity index (χ1v) is 9.22. The van der Waals surface area contributed by atoms with Crippen molar-refractivity contribution < 1.29 is 19.2 Å². The summed E-state index contributed by atoms with van der Waals surface area (Å²) in [5.74, 6) is -0.223. The Kier molecular flexibility index (Phi) is 6.76. The van der Waals surface area contributed by atoms with Crippen LogP contribution in [0.25, 0.3) is 0 Å². The van der Waals surface area contributed by atoms with Crippen molar-refractivity contribution in [2.45, 2.75) is 52.2 Å². The van der Waals surface area contributed by atoms with Gasteiger partial charge < -0.3 is 15.4 Å². The highest BCUT2D eigenvalue weighted by Crippen LogP contribution is 2.29. The second-order valence-electron chi connectivity index (χ2n) is 7.17. The lowest BCUT2D eigenvalue weighted by molar-refractivity contribution is -0.384. The average molecular weight is 377 g/mol. The molecule has 4 atom stereocenters. The summed E-state index contributed by atoms with van der Waals surface area (Å²) in [5, 5.41) is 16.8. The number of rotatable bonds is 6. The number of carbonyl (C=O) groups excluding carboxylic acids is 2. The van der Waals surface area contributed by atoms with Gasteiger partial charge in [0, 0.05) is 19.2 Å². The highest BCUT2D eigenvalue weighted by molar-refractivity contribution is 5.93. The van der Waals surface area contributed by atoms with Gasteiger partial charge >= 0.3 is 5.97 Å². The standard InChI is InChI=1S/C19H27N3O5/c1-11-6-5-7-15(12(11)2)21-18(23)13(3)27-19(24)14-8-9-16(20-4)17(10-14)22(25)26/h8-13,15,20H,5-7H2,1-4H3,(H,21,23)/t11-,12+,13+,15-/m0/s1. The largest absolute Gasteiger partial charge is 0.449 e. The maximum atomic E-state index is 12.4. The number of hydrogen-bond acceptors (Lipinski definition) is 6. The molecule has 1 aliphatic carbocycles. The molecule has 0 unspecified atom stereocenters. The molecule has 27 heavy (non-hydrogen) atoms. The maximum Gasteiger partial charge on any atom is 0.339 e. The molecule has 0 saturated heterocycles. The van der Waals surface area contributed by atoms with E-state index in [1.807, 2.05) is 0 Å². The molecule has 1 aromatic carbocycles. The molecule has 2 N–H and O–H groups in total. The van der Waals surface area contributed by atoms with Gasteiger partial charge in [-0.1, -0.05) is 26.7 Å². The number of amides is 1. The number of nitro benzene ring substituents is 1. The van der Waals surface area contributed by atoms with E-state index in [0.717, 1.165) is 25.3 Å². The third kappa shape index (κ3) is 4.96. The molecule has 1 aliphatic rings. The highest BCUT2D eigenvalue weighted by atomic mass is 16.6. The molecule has 1 amide bonds. The van der Waals surface area contributed by atoms with Crippen LogP contribution in [0.3, 0.4) is 0 Å². The SMILES string of the molecule is CNc1ccc(C(=O)O[C@H](C)C(=O)N[C@H]2CCC[C@H](C)[C@H]2C)cc1[N+](=O)[O-]. The molecule has 148 valence electrons. The zero-order valence-corrected chi connectivity index (χ0v) is 16.2. The summed E-state index contributed by atoms with van der Waals surface area (Å²) in [4.78, 5) is 35.2. The van der Waals surface area contributed by atoms with Crippen LogP contribution >= 0.6 is 0 Å². The summed E-state index contributed by atoms with van der Waals surface area (Å²) in [6, 6.07) is 4.07. The molecule has 1 saturated carbocycles. The van der Waals surface area contributed by atoms with Gasteiger partial charge in [0.2, 0.25) is 0 Å². The van der Waals surface area contributed by atoms with Crippen molar-refractivity contribution in [1.29, 1.82) is 0 Å². The molecule has 0 radical (unpaired) electrons. The van der Waals surface area contributed by atoms with Crippen molar-refractivity contribution in [2.75, 3.05) is 12.4 Å². The number of ether oxygens (including phenoxy) is 1. The topological polar surface area (TPSA) is 111 Å². The second-order valence-corrected chi connectivity index (χ2v) is 7.17. The summed E-state index contributed by atoms with van der Waals surface area (Å²) in [5.41, 5.74) is 0.0943. The van der Waals surface area contributed by atoms with Gasteiger partial charge in [-0.3, -0.25) is 14.9 Å². The minimum Gasteiger partial charge on any atom is -0.449 e. The van der Waals surface area contributed by atoms with Crippen LogP contribution in [0.4, 0.5) is 11.4 Å². The second kappa shape index (κ2) is 8.83. The molecular weight excluding hydrogens is 350 g/mol. The third-order valence-electron chi connectivity index (χ3n) is 5.39. The van der Waals surface area contributed by atoms with Gasteiger partial charge in [0.25, 0.3) is 11.6 Å². The molecule has 0 aliphatic heterocycles. The predicted molar refractivity (Wildman–Crippen MR) is 102 cm³/mol. The number of carbonyl (C=O) groups is 2. The van der Waals surface area contributed by atoms with Crippen LogP contribution in [0, 0.1) is 22.0 Å². The van der Waals surface area contributed by atoms with Crippen LogP contribution in [0.5, 0.6) is 0 Å². The maximum absolute atomic E-state index is 12.4. The van der Waals surface area contributed by atoms with E-state index in [9.17, 15) is 19.7 Å². The van der Waals surface area contributed by atoms with E-state index in [1.54, 1.807) is 7.05 Å². The lowest BCUT2D eigenvalue weighted by Crippen LogP contribution is -2.47. The van der Waals surface area contributed by atoms with Crippen LogP contribution in [-0.2, 0) is 9.53 Å². The van der Waals surface area contributed by atoms with Crippen LogP contribution < -0.4 is 10.6 Å². The molecule has 0 heterocycles. The Balaban J connectivity index is 2.01. The molecule has 8 nitrogen and oxygen atoms in total. The van der Waals surface area contributed by atoms with Crippen LogP contribution in [0.15, 0.2) is 18.2 Å². The van der Waals surface area contributed by atoms with Crippen molar-refractivity contribution in [2.24, 2.45) is 11.8 Å². The van der Waals surface area contributed by atoms with E-state index in [1.165, 1.54) is 19.1 Å². The predicted octanol–water partition coefficient (Wildman–Crippen LogP) is 3.12. The van der Waals surface area contributed by atoms with E-state index in [-0.39, 0.29) is 23.2 Å². The zero-order chi connectivity index (χ0) is 20.1. The summed E-state index contributed by atoms with van der Waals surface area (Å²) in [6.45, 7) is 5.79. The summed E-state index contributed by atoms with van der Waals surface area (Å²) in [7, 11) is 1.56. The quantitative estimate of drug-likeness (QED) is 0.448. The van der Waals surface area contributed by atoms with E-state index in [0.29, 0.717) is 17.5 Å². The first-order valence-electron chi connectivity index (χ1n) is 9.22. The van der Waals surface area contributed by atoms with E-state index in [4.69, 9.17) is 4.74 Å². The average Bonchev–Trinajstić information content (AvgIpc) is 2.64. The van der Waals surface area contributed by atoms with E-state index >= 15 is 0 Å². The van der Waals surface area contributed by atoms with E-state index in [2.05, 4.69) is 24.5 Å². The number of hydrogen-bond donors (Lipinski definition) is 2. The summed E-state index contributed by atoms with van der Waals surface area (Å²) < 4.78 is 5.22. The van der Waals surface area contributed by atoms with Crippen molar-refractivity contribution in [1.82, 2.24) is 5.32 Å². The normalized spacial score (nSPS) is 23.2. The molecule has 0 spiro atoms. The molecule has 0 aromatic heterocycles. The monoisotopic (exact) mass is 377 g/mol. The number of nitro groups is 1. The lowest BCUT2D eigenvalue weighted by atomic mass is 9.78. The zero-order valence-electron chi connectivity index (χ0n) is 16.2. The van der Waals surface area contributed by atoms with Crippen molar-refractivity contribution in [3.8, 4) is 0 Å². The first-order chi connectivity index (χ1) is 12.7. The van der Waals surface area contributed by atoms with Crippen molar-refractivity contribution in [3.05, 3.63) is 33.9 Å². The molecule has 0 bridgehead atoms. The van der Waals surface area contributed by atoms with Crippen LogP contribution in [0.2, 0.25) is 0 Å². The van der Waals surface area contributed by atoms with Gasteiger partial charge in [-0.05, 0) is 37.3 Å². The molecule has 8 heteroatoms. The highest BCUT2D eigenvalue weighted by Gasteiger charge is 2.30. The number of anilines is 1. The smallest absolute Gasteiger partial charge is 0.339 e. The number of nitrogens with zero attached hydrogens (tertiary/aromatic N) is 1. The summed E-state index contributed by atoms with van der Waals surface area (Å²) in [6.07, 6.45) is 2.14. The van der Waals surface area contributed by atoms with Gasteiger partial charge in [0.05, 0.1) is 10.5 Å². The van der Waals surface area contributed by atoms with Crippen LogP contribution in [0.1, 0.15) is 50.4 Å². The fourth-order valence-electron chi connectivity index (χ4n) is 3.39. The first kappa shape index (κ1) is 20.7. The molecular formula is C19H27N3O5. The van der Waals surface area contributed by atoms with Gasteiger partial charge in [-0.25, -0.2) is 4.79 Å². The molecule has 1 fully saturated rings. The number of nitrogens with one attached hydrogen (secondary N) is 2. The Labute approximate surface area is 158 Å². The minimum atomic E-state index is -0.982. The fraction of sp³-hybridized carbons (Fsp3) is 0.579.